The van der Waals surface area contributed by atoms with E-state index < -0.39 is 11.5 Å². The van der Waals surface area contributed by atoms with Crippen molar-refractivity contribution in [2.24, 2.45) is 0 Å². The van der Waals surface area contributed by atoms with E-state index in [0.29, 0.717) is 13.0 Å². The third kappa shape index (κ3) is 3.61. The smallest absolute Gasteiger partial charge is 0.323 e. The van der Waals surface area contributed by atoms with Gasteiger partial charge in [-0.3, -0.25) is 4.79 Å². The van der Waals surface area contributed by atoms with Gasteiger partial charge in [0, 0.05) is 6.54 Å². The number of carboxylic acid groups (broad SMARTS) is 1. The second kappa shape index (κ2) is 6.01. The fourth-order valence-corrected chi connectivity index (χ4v) is 2.39. The molecule has 0 bridgehead atoms. The van der Waals surface area contributed by atoms with Gasteiger partial charge >= 0.3 is 5.97 Å². The SMILES string of the molecule is CCCC(C)(NCCc1ccsc1)C(=O)O. The molecule has 0 aromatic carbocycles. The Morgan fingerprint density at radius 2 is 2.38 bits per heavy atom. The first-order valence-electron chi connectivity index (χ1n) is 5.58. The molecule has 1 aromatic heterocycles. The summed E-state index contributed by atoms with van der Waals surface area (Å²) in [4.78, 5) is 11.1. The van der Waals surface area contributed by atoms with Crippen LogP contribution in [-0.2, 0) is 11.2 Å². The van der Waals surface area contributed by atoms with E-state index in [4.69, 9.17) is 5.11 Å². The Morgan fingerprint density at radius 3 is 2.88 bits per heavy atom. The van der Waals surface area contributed by atoms with Gasteiger partial charge in [-0.15, -0.1) is 0 Å². The van der Waals surface area contributed by atoms with Crippen LogP contribution in [0.1, 0.15) is 32.3 Å². The van der Waals surface area contributed by atoms with Gasteiger partial charge in [-0.05, 0) is 42.2 Å². The molecule has 0 saturated heterocycles. The normalized spacial score (nSPS) is 14.6. The van der Waals surface area contributed by atoms with Crippen molar-refractivity contribution in [1.82, 2.24) is 5.32 Å². The first-order chi connectivity index (χ1) is 7.58. The van der Waals surface area contributed by atoms with E-state index in [1.807, 2.05) is 12.3 Å². The zero-order chi connectivity index (χ0) is 12.0. The lowest BCUT2D eigenvalue weighted by Crippen LogP contribution is -2.50. The molecule has 0 aliphatic heterocycles. The number of carbonyl (C=O) groups is 1. The van der Waals surface area contributed by atoms with Crippen LogP contribution in [0.5, 0.6) is 0 Å². The summed E-state index contributed by atoms with van der Waals surface area (Å²) in [5, 5.41) is 16.4. The molecular formula is C12H19NO2S. The van der Waals surface area contributed by atoms with E-state index in [9.17, 15) is 4.79 Å². The van der Waals surface area contributed by atoms with Crippen LogP contribution in [0.4, 0.5) is 0 Å². The Hall–Kier alpha value is -0.870. The first-order valence-corrected chi connectivity index (χ1v) is 6.52. The first kappa shape index (κ1) is 13.2. The van der Waals surface area contributed by atoms with Crippen LogP contribution < -0.4 is 5.32 Å². The van der Waals surface area contributed by atoms with Gasteiger partial charge in [0.15, 0.2) is 0 Å². The second-order valence-corrected chi connectivity index (χ2v) is 4.98. The molecular weight excluding hydrogens is 222 g/mol. The number of rotatable bonds is 7. The fourth-order valence-electron chi connectivity index (χ4n) is 1.69. The molecule has 0 amide bonds. The van der Waals surface area contributed by atoms with Gasteiger partial charge in [-0.25, -0.2) is 0 Å². The summed E-state index contributed by atoms with van der Waals surface area (Å²) in [6.07, 6.45) is 2.41. The second-order valence-electron chi connectivity index (χ2n) is 4.20. The van der Waals surface area contributed by atoms with Crippen molar-refractivity contribution >= 4 is 17.3 Å². The molecule has 16 heavy (non-hydrogen) atoms. The van der Waals surface area contributed by atoms with Crippen molar-refractivity contribution in [1.29, 1.82) is 0 Å². The van der Waals surface area contributed by atoms with E-state index in [1.54, 1.807) is 18.3 Å². The molecule has 2 N–H and O–H groups in total. The maximum absolute atomic E-state index is 11.1. The Balaban J connectivity index is 2.41. The zero-order valence-electron chi connectivity index (χ0n) is 9.82. The van der Waals surface area contributed by atoms with E-state index in [0.717, 1.165) is 12.8 Å². The summed E-state index contributed by atoms with van der Waals surface area (Å²) in [6.45, 7) is 4.47. The van der Waals surface area contributed by atoms with Crippen molar-refractivity contribution in [3.05, 3.63) is 22.4 Å². The summed E-state index contributed by atoms with van der Waals surface area (Å²) in [6, 6.07) is 2.07. The highest BCUT2D eigenvalue weighted by atomic mass is 32.1. The van der Waals surface area contributed by atoms with E-state index in [2.05, 4.69) is 16.8 Å². The van der Waals surface area contributed by atoms with Crippen molar-refractivity contribution in [2.75, 3.05) is 6.54 Å². The predicted octanol–water partition coefficient (Wildman–Crippen LogP) is 2.52. The van der Waals surface area contributed by atoms with Gasteiger partial charge < -0.3 is 10.4 Å². The standard InChI is InChI=1S/C12H19NO2S/c1-3-6-12(2,11(14)15)13-7-4-10-5-8-16-9-10/h5,8-9,13H,3-4,6-7H2,1-2H3,(H,14,15). The molecule has 1 heterocycles. The molecule has 1 rings (SSSR count). The average molecular weight is 241 g/mol. The highest BCUT2D eigenvalue weighted by Crippen LogP contribution is 2.13. The summed E-state index contributed by atoms with van der Waals surface area (Å²) in [5.74, 6) is -0.764. The van der Waals surface area contributed by atoms with Gasteiger partial charge in [-0.2, -0.15) is 11.3 Å². The van der Waals surface area contributed by atoms with Crippen LogP contribution in [0.25, 0.3) is 0 Å². The van der Waals surface area contributed by atoms with Crippen LogP contribution in [0, 0.1) is 0 Å². The number of carboxylic acids is 1. The highest BCUT2D eigenvalue weighted by molar-refractivity contribution is 7.07. The lowest BCUT2D eigenvalue weighted by atomic mass is 9.96. The lowest BCUT2D eigenvalue weighted by Gasteiger charge is -2.25. The highest BCUT2D eigenvalue weighted by Gasteiger charge is 2.30. The molecule has 0 radical (unpaired) electrons. The van der Waals surface area contributed by atoms with Gasteiger partial charge in [0.2, 0.25) is 0 Å². The summed E-state index contributed by atoms with van der Waals surface area (Å²) >= 11 is 1.67. The Labute approximate surface area is 100 Å². The van der Waals surface area contributed by atoms with Gasteiger partial charge in [0.25, 0.3) is 0 Å². The van der Waals surface area contributed by atoms with Crippen molar-refractivity contribution in [3.63, 3.8) is 0 Å². The van der Waals surface area contributed by atoms with Crippen LogP contribution in [-0.4, -0.2) is 23.2 Å². The van der Waals surface area contributed by atoms with E-state index in [1.165, 1.54) is 5.56 Å². The van der Waals surface area contributed by atoms with Crippen LogP contribution in [0.2, 0.25) is 0 Å². The lowest BCUT2D eigenvalue weighted by molar-refractivity contribution is -0.144. The Morgan fingerprint density at radius 1 is 1.62 bits per heavy atom. The van der Waals surface area contributed by atoms with Gasteiger partial charge in [0.05, 0.1) is 0 Å². The van der Waals surface area contributed by atoms with Crippen LogP contribution >= 0.6 is 11.3 Å². The average Bonchev–Trinajstić information content (AvgIpc) is 2.70. The van der Waals surface area contributed by atoms with E-state index >= 15 is 0 Å². The summed E-state index contributed by atoms with van der Waals surface area (Å²) in [5.41, 5.74) is 0.479. The number of aliphatic carboxylic acids is 1. The molecule has 1 unspecified atom stereocenters. The quantitative estimate of drug-likeness (QED) is 0.771. The maximum atomic E-state index is 11.1. The number of hydrogen-bond donors (Lipinski definition) is 2. The topological polar surface area (TPSA) is 49.3 Å². The third-order valence-electron chi connectivity index (χ3n) is 2.73. The molecule has 0 fully saturated rings. The maximum Gasteiger partial charge on any atom is 0.323 e. The van der Waals surface area contributed by atoms with Crippen LogP contribution in [0.3, 0.4) is 0 Å². The number of nitrogens with one attached hydrogen (secondary N) is 1. The van der Waals surface area contributed by atoms with Crippen molar-refractivity contribution in [3.8, 4) is 0 Å². The van der Waals surface area contributed by atoms with Gasteiger partial charge in [0.1, 0.15) is 5.54 Å². The molecule has 0 saturated carbocycles. The zero-order valence-corrected chi connectivity index (χ0v) is 10.6. The molecule has 0 aliphatic carbocycles. The monoisotopic (exact) mass is 241 g/mol. The molecule has 1 aromatic rings. The van der Waals surface area contributed by atoms with Crippen LogP contribution in [0.15, 0.2) is 16.8 Å². The molecule has 4 heteroatoms. The van der Waals surface area contributed by atoms with Crippen molar-refractivity contribution < 1.29 is 9.90 Å². The third-order valence-corrected chi connectivity index (χ3v) is 3.46. The predicted molar refractivity (Wildman–Crippen MR) is 67.0 cm³/mol. The van der Waals surface area contributed by atoms with Crippen molar-refractivity contribution in [2.45, 2.75) is 38.6 Å². The molecule has 90 valence electrons. The Bertz CT molecular complexity index is 324. The summed E-state index contributed by atoms with van der Waals surface area (Å²) in [7, 11) is 0. The molecule has 0 spiro atoms. The van der Waals surface area contributed by atoms with E-state index in [-0.39, 0.29) is 0 Å². The fraction of sp³-hybridized carbons (Fsp3) is 0.583. The number of hydrogen-bond acceptors (Lipinski definition) is 3. The number of thiophene rings is 1. The summed E-state index contributed by atoms with van der Waals surface area (Å²) < 4.78 is 0. The Kier molecular flexibility index (Phi) is 4.96. The molecule has 3 nitrogen and oxygen atoms in total. The molecule has 1 atom stereocenters. The van der Waals surface area contributed by atoms with Gasteiger partial charge in [-0.1, -0.05) is 13.3 Å². The minimum Gasteiger partial charge on any atom is -0.480 e. The minimum atomic E-state index is -0.787. The molecule has 0 aliphatic rings. The largest absolute Gasteiger partial charge is 0.480 e. The minimum absolute atomic E-state index is 0.659.